The number of esters is 1. The van der Waals surface area contributed by atoms with Crippen LogP contribution in [0.15, 0.2) is 48.5 Å². The van der Waals surface area contributed by atoms with Crippen LogP contribution in [0.5, 0.6) is 0 Å². The molecule has 1 heterocycles. The standard InChI is InChI=1S/C26H33NO7S/c1-16-23(15-35-13-12-28)33-26(34-24(16)20-6-4-19(14-29)5-7-20)21-8-10-22(11-9-21)27-25(31)17(2)32-18(3)30/h4-11,16-17,23-24,26,28-29H,12-15H2,1-3H3,(H,27,31). The highest BCUT2D eigenvalue weighted by Crippen LogP contribution is 2.42. The van der Waals surface area contributed by atoms with Gasteiger partial charge in [0.1, 0.15) is 0 Å². The molecule has 2 aromatic carbocycles. The molecule has 0 saturated carbocycles. The molecule has 1 fully saturated rings. The van der Waals surface area contributed by atoms with Crippen molar-refractivity contribution in [3.8, 4) is 0 Å². The molecule has 8 nitrogen and oxygen atoms in total. The number of aliphatic hydroxyl groups is 2. The van der Waals surface area contributed by atoms with Gasteiger partial charge in [-0.3, -0.25) is 9.59 Å². The molecule has 1 aliphatic rings. The van der Waals surface area contributed by atoms with Crippen LogP contribution in [0.2, 0.25) is 0 Å². The summed E-state index contributed by atoms with van der Waals surface area (Å²) in [7, 11) is 0. The van der Waals surface area contributed by atoms with Gasteiger partial charge in [0.15, 0.2) is 12.4 Å². The van der Waals surface area contributed by atoms with Gasteiger partial charge in [0.2, 0.25) is 0 Å². The molecule has 1 saturated heterocycles. The molecule has 1 aliphatic heterocycles. The predicted molar refractivity (Wildman–Crippen MR) is 134 cm³/mol. The zero-order valence-electron chi connectivity index (χ0n) is 20.2. The van der Waals surface area contributed by atoms with Crippen LogP contribution in [0.4, 0.5) is 5.69 Å². The number of rotatable bonds is 10. The summed E-state index contributed by atoms with van der Waals surface area (Å²) in [5.41, 5.74) is 3.20. The van der Waals surface area contributed by atoms with E-state index in [4.69, 9.17) is 14.2 Å². The lowest BCUT2D eigenvalue weighted by Crippen LogP contribution is -2.38. The topological polar surface area (TPSA) is 114 Å². The quantitative estimate of drug-likeness (QED) is 0.333. The van der Waals surface area contributed by atoms with Crippen molar-refractivity contribution in [1.82, 2.24) is 0 Å². The molecule has 0 radical (unpaired) electrons. The Kier molecular flexibility index (Phi) is 10.1. The Morgan fingerprint density at radius 1 is 1.06 bits per heavy atom. The fraction of sp³-hybridized carbons (Fsp3) is 0.462. The monoisotopic (exact) mass is 503 g/mol. The second-order valence-corrected chi connectivity index (χ2v) is 9.63. The van der Waals surface area contributed by atoms with E-state index < -0.39 is 24.3 Å². The number of hydrogen-bond acceptors (Lipinski definition) is 8. The van der Waals surface area contributed by atoms with E-state index in [2.05, 4.69) is 12.2 Å². The normalized spacial score (nSPS) is 22.9. The lowest BCUT2D eigenvalue weighted by atomic mass is 9.91. The third-order valence-electron chi connectivity index (χ3n) is 5.80. The zero-order chi connectivity index (χ0) is 25.4. The molecule has 0 spiro atoms. The van der Waals surface area contributed by atoms with E-state index in [0.717, 1.165) is 22.4 Å². The van der Waals surface area contributed by atoms with Crippen molar-refractivity contribution in [3.05, 3.63) is 65.2 Å². The number of thioether (sulfide) groups is 1. The maximum atomic E-state index is 12.2. The van der Waals surface area contributed by atoms with Gasteiger partial charge in [-0.15, -0.1) is 0 Å². The summed E-state index contributed by atoms with van der Waals surface area (Å²) in [5.74, 6) is 0.484. The van der Waals surface area contributed by atoms with Gasteiger partial charge >= 0.3 is 5.97 Å². The molecule has 190 valence electrons. The van der Waals surface area contributed by atoms with Gasteiger partial charge < -0.3 is 29.7 Å². The van der Waals surface area contributed by atoms with E-state index in [1.807, 2.05) is 36.4 Å². The van der Waals surface area contributed by atoms with E-state index in [1.165, 1.54) is 13.8 Å². The summed E-state index contributed by atoms with van der Waals surface area (Å²) in [4.78, 5) is 23.3. The molecule has 2 aromatic rings. The molecule has 0 aromatic heterocycles. The first kappa shape index (κ1) is 27.2. The molecular weight excluding hydrogens is 470 g/mol. The van der Waals surface area contributed by atoms with Crippen molar-refractivity contribution in [3.63, 3.8) is 0 Å². The van der Waals surface area contributed by atoms with Gasteiger partial charge in [-0.25, -0.2) is 0 Å². The number of aliphatic hydroxyl groups excluding tert-OH is 2. The van der Waals surface area contributed by atoms with E-state index in [-0.39, 0.29) is 31.3 Å². The maximum absolute atomic E-state index is 12.2. The number of carbonyl (C=O) groups excluding carboxylic acids is 2. The minimum absolute atomic E-state index is 0.0178. The highest BCUT2D eigenvalue weighted by molar-refractivity contribution is 7.99. The van der Waals surface area contributed by atoms with E-state index in [0.29, 0.717) is 11.4 Å². The van der Waals surface area contributed by atoms with Crippen LogP contribution >= 0.6 is 11.8 Å². The summed E-state index contributed by atoms with van der Waals surface area (Å²) in [6.07, 6.45) is -1.83. The molecule has 5 atom stereocenters. The van der Waals surface area contributed by atoms with Crippen molar-refractivity contribution in [2.24, 2.45) is 5.92 Å². The number of amides is 1. The average Bonchev–Trinajstić information content (AvgIpc) is 2.85. The van der Waals surface area contributed by atoms with Crippen molar-refractivity contribution >= 4 is 29.3 Å². The number of ether oxygens (including phenoxy) is 3. The predicted octanol–water partition coefficient (Wildman–Crippen LogP) is 3.59. The molecule has 35 heavy (non-hydrogen) atoms. The first-order chi connectivity index (χ1) is 16.8. The number of carbonyl (C=O) groups is 2. The van der Waals surface area contributed by atoms with Gasteiger partial charge in [0, 0.05) is 35.6 Å². The largest absolute Gasteiger partial charge is 0.453 e. The number of hydrogen-bond donors (Lipinski definition) is 3. The third-order valence-corrected chi connectivity index (χ3v) is 6.84. The van der Waals surface area contributed by atoms with Crippen LogP contribution in [0.3, 0.4) is 0 Å². The van der Waals surface area contributed by atoms with Gasteiger partial charge in [0.25, 0.3) is 5.91 Å². The Morgan fingerprint density at radius 3 is 2.31 bits per heavy atom. The summed E-state index contributed by atoms with van der Waals surface area (Å²) >= 11 is 1.63. The smallest absolute Gasteiger partial charge is 0.303 e. The lowest BCUT2D eigenvalue weighted by molar-refractivity contribution is -0.268. The van der Waals surface area contributed by atoms with Crippen LogP contribution in [-0.4, -0.2) is 52.4 Å². The number of nitrogens with one attached hydrogen (secondary N) is 1. The average molecular weight is 504 g/mol. The Balaban J connectivity index is 1.75. The highest BCUT2D eigenvalue weighted by atomic mass is 32.2. The highest BCUT2D eigenvalue weighted by Gasteiger charge is 2.38. The second kappa shape index (κ2) is 13.0. The number of anilines is 1. The summed E-state index contributed by atoms with van der Waals surface area (Å²) < 4.78 is 17.6. The summed E-state index contributed by atoms with van der Waals surface area (Å²) in [6.45, 7) is 4.95. The molecule has 3 rings (SSSR count). The fourth-order valence-corrected chi connectivity index (χ4v) is 4.75. The first-order valence-electron chi connectivity index (χ1n) is 11.6. The molecule has 1 amide bonds. The molecular formula is C26H33NO7S. The molecule has 9 heteroatoms. The fourth-order valence-electron chi connectivity index (χ4n) is 3.84. The molecule has 5 unspecified atom stereocenters. The van der Waals surface area contributed by atoms with Crippen molar-refractivity contribution in [2.45, 2.75) is 52.0 Å². The zero-order valence-corrected chi connectivity index (χ0v) is 21.0. The lowest BCUT2D eigenvalue weighted by Gasteiger charge is -2.41. The Morgan fingerprint density at radius 2 is 1.71 bits per heavy atom. The second-order valence-electron chi connectivity index (χ2n) is 8.48. The maximum Gasteiger partial charge on any atom is 0.303 e. The molecule has 3 N–H and O–H groups in total. The van der Waals surface area contributed by atoms with E-state index in [9.17, 15) is 19.8 Å². The van der Waals surface area contributed by atoms with E-state index >= 15 is 0 Å². The van der Waals surface area contributed by atoms with Gasteiger partial charge in [-0.2, -0.15) is 11.8 Å². The van der Waals surface area contributed by atoms with Crippen molar-refractivity contribution in [2.75, 3.05) is 23.4 Å². The van der Waals surface area contributed by atoms with Crippen LogP contribution in [0.25, 0.3) is 0 Å². The van der Waals surface area contributed by atoms with Gasteiger partial charge in [-0.05, 0) is 30.2 Å². The van der Waals surface area contributed by atoms with E-state index in [1.54, 1.807) is 23.9 Å². The number of benzene rings is 2. The Hall–Kier alpha value is -2.43. The third kappa shape index (κ3) is 7.52. The summed E-state index contributed by atoms with van der Waals surface area (Å²) in [5, 5.41) is 21.3. The minimum Gasteiger partial charge on any atom is -0.453 e. The van der Waals surface area contributed by atoms with Crippen LogP contribution in [-0.2, 0) is 30.4 Å². The Labute approximate surface area is 210 Å². The summed E-state index contributed by atoms with van der Waals surface area (Å²) in [6, 6.07) is 14.9. The van der Waals surface area contributed by atoms with Crippen molar-refractivity contribution in [1.29, 1.82) is 0 Å². The van der Waals surface area contributed by atoms with Crippen LogP contribution < -0.4 is 5.32 Å². The van der Waals surface area contributed by atoms with Crippen LogP contribution in [0.1, 0.15) is 49.9 Å². The van der Waals surface area contributed by atoms with Gasteiger partial charge in [-0.1, -0.05) is 43.3 Å². The van der Waals surface area contributed by atoms with Gasteiger partial charge in [0.05, 0.1) is 25.4 Å². The SMILES string of the molecule is CC(=O)OC(C)C(=O)Nc1ccc(C2OC(CSCCO)C(C)C(c3ccc(CO)cc3)O2)cc1. The molecule has 0 bridgehead atoms. The van der Waals surface area contributed by atoms with Crippen LogP contribution in [0, 0.1) is 5.92 Å². The minimum atomic E-state index is -0.895. The van der Waals surface area contributed by atoms with Crippen molar-refractivity contribution < 1.29 is 34.0 Å². The first-order valence-corrected chi connectivity index (χ1v) is 12.7. The Bertz CT molecular complexity index is 967. The molecule has 0 aliphatic carbocycles.